The van der Waals surface area contributed by atoms with Crippen molar-refractivity contribution in [3.8, 4) is 0 Å². The molecule has 1 saturated carbocycles. The average molecular weight is 211 g/mol. The fraction of sp³-hybridized carbons (Fsp3) is 1.00. The first kappa shape index (κ1) is 11.4. The van der Waals surface area contributed by atoms with Crippen LogP contribution in [-0.4, -0.2) is 18.4 Å². The summed E-state index contributed by atoms with van der Waals surface area (Å²) in [4.78, 5) is 0. The third-order valence-electron chi connectivity index (χ3n) is 4.21. The highest BCUT2D eigenvalue weighted by molar-refractivity contribution is 4.89. The van der Waals surface area contributed by atoms with Crippen molar-refractivity contribution in [3.05, 3.63) is 0 Å². The van der Waals surface area contributed by atoms with Crippen molar-refractivity contribution in [2.75, 3.05) is 6.54 Å². The van der Waals surface area contributed by atoms with E-state index in [2.05, 4.69) is 26.1 Å². The molecule has 2 heteroatoms. The Hall–Kier alpha value is -0.0800. The molecule has 15 heavy (non-hydrogen) atoms. The van der Waals surface area contributed by atoms with E-state index in [1.165, 1.54) is 25.7 Å². The highest BCUT2D eigenvalue weighted by atomic mass is 16.5. The summed E-state index contributed by atoms with van der Waals surface area (Å²) in [7, 11) is 0. The molecule has 2 aliphatic rings. The summed E-state index contributed by atoms with van der Waals surface area (Å²) in [5, 5.41) is 3.60. The lowest BCUT2D eigenvalue weighted by atomic mass is 9.77. The van der Waals surface area contributed by atoms with Crippen LogP contribution in [0.2, 0.25) is 0 Å². The summed E-state index contributed by atoms with van der Waals surface area (Å²) in [5.74, 6) is 1.75. The van der Waals surface area contributed by atoms with Crippen LogP contribution in [0.25, 0.3) is 0 Å². The van der Waals surface area contributed by atoms with Crippen molar-refractivity contribution in [3.63, 3.8) is 0 Å². The predicted octanol–water partition coefficient (Wildman–Crippen LogP) is 2.93. The van der Waals surface area contributed by atoms with Gasteiger partial charge >= 0.3 is 0 Å². The molecule has 1 atom stereocenters. The Morgan fingerprint density at radius 3 is 2.40 bits per heavy atom. The lowest BCUT2D eigenvalue weighted by Crippen LogP contribution is -2.56. The standard InChI is InChI=1S/C13H25NO/c1-10(2)12-4-7-13(8-5-12)14-9-6-11(3)15-13/h10-12,14H,4-9H2,1-3H3. The van der Waals surface area contributed by atoms with Crippen molar-refractivity contribution in [2.45, 2.75) is 64.7 Å². The Bertz CT molecular complexity index is 207. The number of ether oxygens (including phenoxy) is 1. The minimum atomic E-state index is 0.0447. The van der Waals surface area contributed by atoms with Crippen molar-refractivity contribution >= 4 is 0 Å². The Balaban J connectivity index is 1.90. The van der Waals surface area contributed by atoms with Gasteiger partial charge in [-0.05, 0) is 50.9 Å². The first-order valence-electron chi connectivity index (χ1n) is 6.54. The summed E-state index contributed by atoms with van der Waals surface area (Å²) >= 11 is 0. The van der Waals surface area contributed by atoms with Gasteiger partial charge < -0.3 is 4.74 Å². The zero-order chi connectivity index (χ0) is 10.9. The monoisotopic (exact) mass is 211 g/mol. The van der Waals surface area contributed by atoms with Crippen molar-refractivity contribution in [1.29, 1.82) is 0 Å². The van der Waals surface area contributed by atoms with E-state index >= 15 is 0 Å². The molecule has 1 saturated heterocycles. The molecule has 1 aliphatic heterocycles. The van der Waals surface area contributed by atoms with Gasteiger partial charge in [0, 0.05) is 6.54 Å². The van der Waals surface area contributed by atoms with Gasteiger partial charge in [-0.25, -0.2) is 0 Å². The summed E-state index contributed by atoms with van der Waals surface area (Å²) in [6, 6.07) is 0. The van der Waals surface area contributed by atoms with Crippen LogP contribution in [0.4, 0.5) is 0 Å². The lowest BCUT2D eigenvalue weighted by Gasteiger charge is -2.46. The molecule has 1 N–H and O–H groups in total. The van der Waals surface area contributed by atoms with E-state index in [4.69, 9.17) is 4.74 Å². The second-order valence-corrected chi connectivity index (χ2v) is 5.72. The summed E-state index contributed by atoms with van der Waals surface area (Å²) < 4.78 is 6.13. The normalized spacial score (nSPS) is 42.4. The van der Waals surface area contributed by atoms with Gasteiger partial charge in [-0.1, -0.05) is 13.8 Å². The van der Waals surface area contributed by atoms with Crippen LogP contribution in [0.5, 0.6) is 0 Å². The molecular weight excluding hydrogens is 186 g/mol. The quantitative estimate of drug-likeness (QED) is 0.720. The Morgan fingerprint density at radius 2 is 1.87 bits per heavy atom. The highest BCUT2D eigenvalue weighted by Crippen LogP contribution is 2.38. The fourth-order valence-electron chi connectivity index (χ4n) is 3.06. The molecule has 88 valence electrons. The average Bonchev–Trinajstić information content (AvgIpc) is 2.18. The van der Waals surface area contributed by atoms with E-state index in [0.29, 0.717) is 6.10 Å². The molecule has 2 fully saturated rings. The lowest BCUT2D eigenvalue weighted by molar-refractivity contribution is -0.159. The molecule has 0 amide bonds. The third-order valence-corrected chi connectivity index (χ3v) is 4.21. The van der Waals surface area contributed by atoms with Crippen molar-refractivity contribution in [2.24, 2.45) is 11.8 Å². The maximum atomic E-state index is 6.13. The number of nitrogens with one attached hydrogen (secondary N) is 1. The molecular formula is C13H25NO. The predicted molar refractivity (Wildman–Crippen MR) is 62.7 cm³/mol. The largest absolute Gasteiger partial charge is 0.358 e. The maximum absolute atomic E-state index is 6.13. The Kier molecular flexibility index (Phi) is 3.36. The van der Waals surface area contributed by atoms with E-state index < -0.39 is 0 Å². The summed E-state index contributed by atoms with van der Waals surface area (Å²) in [6.07, 6.45) is 6.69. The maximum Gasteiger partial charge on any atom is 0.119 e. The summed E-state index contributed by atoms with van der Waals surface area (Å²) in [6.45, 7) is 8.03. The van der Waals surface area contributed by atoms with Crippen LogP contribution < -0.4 is 5.32 Å². The van der Waals surface area contributed by atoms with Gasteiger partial charge in [0.15, 0.2) is 0 Å². The van der Waals surface area contributed by atoms with E-state index in [0.717, 1.165) is 24.8 Å². The van der Waals surface area contributed by atoms with Crippen LogP contribution in [0.15, 0.2) is 0 Å². The molecule has 1 heterocycles. The van der Waals surface area contributed by atoms with E-state index in [9.17, 15) is 0 Å². The SMILES string of the molecule is CC1CCNC2(CCC(C(C)C)CC2)O1. The molecule has 0 radical (unpaired) electrons. The fourth-order valence-corrected chi connectivity index (χ4v) is 3.06. The van der Waals surface area contributed by atoms with Crippen molar-refractivity contribution < 1.29 is 4.74 Å². The zero-order valence-electron chi connectivity index (χ0n) is 10.4. The topological polar surface area (TPSA) is 21.3 Å². The van der Waals surface area contributed by atoms with Crippen LogP contribution in [0.3, 0.4) is 0 Å². The van der Waals surface area contributed by atoms with Gasteiger partial charge in [-0.15, -0.1) is 0 Å². The van der Waals surface area contributed by atoms with Crippen LogP contribution >= 0.6 is 0 Å². The second kappa shape index (κ2) is 4.42. The molecule has 2 rings (SSSR count). The van der Waals surface area contributed by atoms with Gasteiger partial charge in [-0.3, -0.25) is 5.32 Å². The molecule has 0 aromatic rings. The number of hydrogen-bond acceptors (Lipinski definition) is 2. The number of hydrogen-bond donors (Lipinski definition) is 1. The van der Waals surface area contributed by atoms with Gasteiger partial charge in [0.05, 0.1) is 6.10 Å². The van der Waals surface area contributed by atoms with E-state index in [1.54, 1.807) is 0 Å². The molecule has 1 spiro atoms. The molecule has 2 nitrogen and oxygen atoms in total. The van der Waals surface area contributed by atoms with E-state index in [1.807, 2.05) is 0 Å². The first-order valence-corrected chi connectivity index (χ1v) is 6.54. The zero-order valence-corrected chi connectivity index (χ0v) is 10.4. The van der Waals surface area contributed by atoms with E-state index in [-0.39, 0.29) is 5.72 Å². The van der Waals surface area contributed by atoms with Crippen LogP contribution in [0, 0.1) is 11.8 Å². The third kappa shape index (κ3) is 2.54. The molecule has 0 aromatic heterocycles. The minimum absolute atomic E-state index is 0.0447. The van der Waals surface area contributed by atoms with Gasteiger partial charge in [0.2, 0.25) is 0 Å². The Labute approximate surface area is 93.8 Å². The van der Waals surface area contributed by atoms with Gasteiger partial charge in [0.25, 0.3) is 0 Å². The molecule has 0 bridgehead atoms. The molecule has 1 unspecified atom stereocenters. The summed E-state index contributed by atoms with van der Waals surface area (Å²) in [5.41, 5.74) is 0.0447. The Morgan fingerprint density at radius 1 is 1.20 bits per heavy atom. The smallest absolute Gasteiger partial charge is 0.119 e. The number of rotatable bonds is 1. The minimum Gasteiger partial charge on any atom is -0.358 e. The van der Waals surface area contributed by atoms with Crippen molar-refractivity contribution in [1.82, 2.24) is 5.32 Å². The molecule has 1 aliphatic carbocycles. The van der Waals surface area contributed by atoms with Crippen LogP contribution in [-0.2, 0) is 4.74 Å². The first-order chi connectivity index (χ1) is 7.11. The second-order valence-electron chi connectivity index (χ2n) is 5.72. The van der Waals surface area contributed by atoms with Crippen LogP contribution in [0.1, 0.15) is 52.9 Å². The molecule has 0 aromatic carbocycles. The highest BCUT2D eigenvalue weighted by Gasteiger charge is 2.39. The van der Waals surface area contributed by atoms with Gasteiger partial charge in [-0.2, -0.15) is 0 Å². The van der Waals surface area contributed by atoms with Gasteiger partial charge in [0.1, 0.15) is 5.72 Å².